The van der Waals surface area contributed by atoms with Crippen molar-refractivity contribution in [3.8, 4) is 0 Å². The minimum absolute atomic E-state index is 0.164. The van der Waals surface area contributed by atoms with Crippen molar-refractivity contribution in [2.24, 2.45) is 0 Å². The van der Waals surface area contributed by atoms with Crippen LogP contribution in [0.5, 0.6) is 0 Å². The van der Waals surface area contributed by atoms with Crippen molar-refractivity contribution in [2.45, 2.75) is 32.2 Å². The van der Waals surface area contributed by atoms with E-state index in [1.54, 1.807) is 11.3 Å². The molecule has 1 fully saturated rings. The highest BCUT2D eigenvalue weighted by molar-refractivity contribution is 7.15. The molecule has 6 heteroatoms. The molecule has 4 rings (SSSR count). The molecule has 1 aliphatic heterocycles. The molecule has 1 amide bonds. The Balaban J connectivity index is 1.56. The van der Waals surface area contributed by atoms with Crippen LogP contribution in [0.1, 0.15) is 29.0 Å². The van der Waals surface area contributed by atoms with E-state index in [0.717, 1.165) is 49.8 Å². The van der Waals surface area contributed by atoms with Crippen LogP contribution in [0.4, 0.5) is 5.13 Å². The van der Waals surface area contributed by atoms with Gasteiger partial charge in [0.2, 0.25) is 0 Å². The summed E-state index contributed by atoms with van der Waals surface area (Å²) < 4.78 is 5.42. The second-order valence-electron chi connectivity index (χ2n) is 7.08. The van der Waals surface area contributed by atoms with Gasteiger partial charge in [-0.3, -0.25) is 9.69 Å². The second kappa shape index (κ2) is 8.29. The molecule has 0 radical (unpaired) electrons. The predicted molar refractivity (Wildman–Crippen MR) is 103 cm³/mol. The molecule has 5 nitrogen and oxygen atoms in total. The van der Waals surface area contributed by atoms with Gasteiger partial charge in [-0.1, -0.05) is 30.3 Å². The Morgan fingerprint density at radius 3 is 2.69 bits per heavy atom. The number of aromatic nitrogens is 1. The van der Waals surface area contributed by atoms with Crippen LogP contribution < -0.4 is 9.80 Å². The minimum atomic E-state index is 0.164. The smallest absolute Gasteiger partial charge is 0.284 e. The topological polar surface area (TPSA) is 46.9 Å². The molecule has 1 N–H and O–H groups in total. The van der Waals surface area contributed by atoms with Crippen LogP contribution in [0, 0.1) is 0 Å². The van der Waals surface area contributed by atoms with Gasteiger partial charge in [-0.05, 0) is 31.2 Å². The van der Waals surface area contributed by atoms with E-state index in [4.69, 9.17) is 9.72 Å². The van der Waals surface area contributed by atoms with Crippen LogP contribution >= 0.6 is 11.3 Å². The second-order valence-corrected chi connectivity index (χ2v) is 8.14. The maximum absolute atomic E-state index is 13.2. The van der Waals surface area contributed by atoms with Gasteiger partial charge in [-0.2, -0.15) is 0 Å². The Hall–Kier alpha value is -1.76. The first kappa shape index (κ1) is 17.6. The van der Waals surface area contributed by atoms with Gasteiger partial charge in [0.1, 0.15) is 13.1 Å². The molecule has 1 aromatic heterocycles. The number of carbonyl (C=O) groups is 1. The van der Waals surface area contributed by atoms with Crippen LogP contribution in [-0.2, 0) is 28.9 Å². The molecule has 26 heavy (non-hydrogen) atoms. The number of hydrogen-bond donors (Lipinski definition) is 1. The van der Waals surface area contributed by atoms with E-state index in [1.165, 1.54) is 28.3 Å². The van der Waals surface area contributed by atoms with Crippen LogP contribution in [0.25, 0.3) is 0 Å². The number of ether oxygens (including phenoxy) is 1. The number of hydrogen-bond acceptors (Lipinski definition) is 4. The first-order chi connectivity index (χ1) is 12.8. The number of anilines is 1. The molecule has 0 saturated carbocycles. The molecule has 0 unspecified atom stereocenters. The summed E-state index contributed by atoms with van der Waals surface area (Å²) >= 11 is 1.71. The monoisotopic (exact) mass is 372 g/mol. The lowest BCUT2D eigenvalue weighted by Crippen LogP contribution is -3.15. The number of morpholine rings is 1. The molecule has 2 aromatic rings. The Morgan fingerprint density at radius 2 is 1.92 bits per heavy atom. The van der Waals surface area contributed by atoms with Crippen LogP contribution in [0.3, 0.4) is 0 Å². The van der Waals surface area contributed by atoms with Gasteiger partial charge in [0.25, 0.3) is 5.91 Å². The summed E-state index contributed by atoms with van der Waals surface area (Å²) in [5.74, 6) is 0.164. The van der Waals surface area contributed by atoms with Crippen molar-refractivity contribution < 1.29 is 14.4 Å². The molecule has 0 atom stereocenters. The summed E-state index contributed by atoms with van der Waals surface area (Å²) in [5, 5.41) is 0.874. The molecule has 0 spiro atoms. The number of aryl methyl sites for hydroxylation is 2. The van der Waals surface area contributed by atoms with E-state index in [1.807, 2.05) is 23.1 Å². The number of carbonyl (C=O) groups excluding carboxylic acids is 1. The standard InChI is InChI=1S/C20H25N3O2S/c24-19(15-22-10-12-25-13-11-22)23(14-16-6-2-1-3-7-16)20-21-17-8-4-5-9-18(17)26-20/h1-3,6-7H,4-5,8-15H2/p+1. The number of benzene rings is 1. The Bertz CT molecular complexity index is 717. The summed E-state index contributed by atoms with van der Waals surface area (Å²) in [7, 11) is 0. The van der Waals surface area contributed by atoms with E-state index in [2.05, 4.69) is 12.1 Å². The van der Waals surface area contributed by atoms with Gasteiger partial charge >= 0.3 is 0 Å². The summed E-state index contributed by atoms with van der Waals surface area (Å²) in [6.07, 6.45) is 4.60. The van der Waals surface area contributed by atoms with Crippen LogP contribution in [0.2, 0.25) is 0 Å². The first-order valence-corrected chi connectivity index (χ1v) is 10.4. The quantitative estimate of drug-likeness (QED) is 0.865. The average Bonchev–Trinajstić information content (AvgIpc) is 3.11. The van der Waals surface area contributed by atoms with Gasteiger partial charge in [0, 0.05) is 4.88 Å². The fraction of sp³-hybridized carbons (Fsp3) is 0.500. The van der Waals surface area contributed by atoms with Crippen LogP contribution in [-0.4, -0.2) is 43.7 Å². The number of fused-ring (bicyclic) bond motifs is 1. The summed E-state index contributed by atoms with van der Waals surface area (Å²) in [6.45, 7) is 4.40. The molecule has 0 bridgehead atoms. The van der Waals surface area contributed by atoms with E-state index in [9.17, 15) is 4.79 Å². The third kappa shape index (κ3) is 4.14. The molecular formula is C20H26N3O2S+. The predicted octanol–water partition coefficient (Wildman–Crippen LogP) is 1.47. The highest BCUT2D eigenvalue weighted by Gasteiger charge is 2.27. The van der Waals surface area contributed by atoms with Gasteiger partial charge in [0.05, 0.1) is 25.5 Å². The lowest BCUT2D eigenvalue weighted by atomic mass is 10.0. The van der Waals surface area contributed by atoms with Gasteiger partial charge < -0.3 is 9.64 Å². The maximum atomic E-state index is 13.2. The molecule has 138 valence electrons. The van der Waals surface area contributed by atoms with Crippen molar-refractivity contribution in [2.75, 3.05) is 37.7 Å². The van der Waals surface area contributed by atoms with E-state index in [-0.39, 0.29) is 5.91 Å². The summed E-state index contributed by atoms with van der Waals surface area (Å²) in [6, 6.07) is 10.2. The maximum Gasteiger partial charge on any atom is 0.284 e. The van der Waals surface area contributed by atoms with Crippen molar-refractivity contribution in [1.82, 2.24) is 4.98 Å². The van der Waals surface area contributed by atoms with E-state index >= 15 is 0 Å². The van der Waals surface area contributed by atoms with Crippen molar-refractivity contribution >= 4 is 22.4 Å². The Kier molecular flexibility index (Phi) is 5.62. The van der Waals surface area contributed by atoms with E-state index < -0.39 is 0 Å². The highest BCUT2D eigenvalue weighted by Crippen LogP contribution is 2.32. The lowest BCUT2D eigenvalue weighted by Gasteiger charge is -2.26. The molecule has 1 aliphatic carbocycles. The Labute approximate surface area is 158 Å². The summed E-state index contributed by atoms with van der Waals surface area (Å²) in [5.41, 5.74) is 2.35. The average molecular weight is 373 g/mol. The number of quaternary nitrogens is 1. The van der Waals surface area contributed by atoms with Gasteiger partial charge in [-0.15, -0.1) is 11.3 Å². The minimum Gasteiger partial charge on any atom is -0.370 e. The molecular weight excluding hydrogens is 346 g/mol. The van der Waals surface area contributed by atoms with Crippen molar-refractivity contribution in [3.63, 3.8) is 0 Å². The van der Waals surface area contributed by atoms with Crippen molar-refractivity contribution in [3.05, 3.63) is 46.5 Å². The normalized spacial score (nSPS) is 17.7. The number of nitrogens with zero attached hydrogens (tertiary/aromatic N) is 2. The van der Waals surface area contributed by atoms with Gasteiger partial charge in [0.15, 0.2) is 11.7 Å². The van der Waals surface area contributed by atoms with E-state index in [0.29, 0.717) is 13.1 Å². The fourth-order valence-electron chi connectivity index (χ4n) is 3.63. The van der Waals surface area contributed by atoms with Crippen molar-refractivity contribution in [1.29, 1.82) is 0 Å². The SMILES string of the molecule is O=C(C[NH+]1CCOCC1)N(Cc1ccccc1)c1nc2c(s1)CCCC2. The zero-order chi connectivity index (χ0) is 17.8. The fourth-order valence-corrected chi connectivity index (χ4v) is 4.79. The summed E-state index contributed by atoms with van der Waals surface area (Å²) in [4.78, 5) is 22.6. The third-order valence-electron chi connectivity index (χ3n) is 5.15. The molecule has 1 aromatic carbocycles. The number of rotatable bonds is 5. The number of thiazole rings is 1. The molecule has 2 aliphatic rings. The number of amides is 1. The van der Waals surface area contributed by atoms with Gasteiger partial charge in [-0.25, -0.2) is 4.98 Å². The lowest BCUT2D eigenvalue weighted by molar-refractivity contribution is -0.900. The zero-order valence-corrected chi connectivity index (χ0v) is 15.9. The zero-order valence-electron chi connectivity index (χ0n) is 15.1. The molecule has 2 heterocycles. The Morgan fingerprint density at radius 1 is 1.15 bits per heavy atom. The highest BCUT2D eigenvalue weighted by atomic mass is 32.1. The van der Waals surface area contributed by atoms with Crippen LogP contribution in [0.15, 0.2) is 30.3 Å². The molecule has 1 saturated heterocycles. The number of nitrogens with one attached hydrogen (secondary N) is 1. The largest absolute Gasteiger partial charge is 0.370 e. The third-order valence-corrected chi connectivity index (χ3v) is 6.33. The first-order valence-electron chi connectivity index (χ1n) is 9.54.